The zero-order valence-corrected chi connectivity index (χ0v) is 9.33. The van der Waals surface area contributed by atoms with E-state index in [0.717, 1.165) is 0 Å². The third kappa shape index (κ3) is 1.78. The molecule has 0 atom stereocenters. The van der Waals surface area contributed by atoms with Gasteiger partial charge < -0.3 is 0 Å². The van der Waals surface area contributed by atoms with Crippen molar-refractivity contribution in [2.45, 2.75) is 6.42 Å². The van der Waals surface area contributed by atoms with Gasteiger partial charge in [0.1, 0.15) is 0 Å². The van der Waals surface area contributed by atoms with Gasteiger partial charge in [-0.2, -0.15) is 0 Å². The van der Waals surface area contributed by atoms with E-state index >= 15 is 0 Å². The van der Waals surface area contributed by atoms with Crippen molar-refractivity contribution in [2.75, 3.05) is 0 Å². The summed E-state index contributed by atoms with van der Waals surface area (Å²) in [6.07, 6.45) is 0.530. The smallest absolute Gasteiger partial charge is 0.0761 e. The number of hydrogen-bond donors (Lipinski definition) is 0. The highest BCUT2D eigenvalue weighted by molar-refractivity contribution is 8.02. The average molecular weight is 234 g/mol. The maximum Gasteiger partial charge on any atom is 0.0761 e. The van der Waals surface area contributed by atoms with Crippen LogP contribution in [0.15, 0.2) is 0 Å². The van der Waals surface area contributed by atoms with Crippen LogP contribution in [0.5, 0.6) is 0 Å². The highest BCUT2D eigenvalue weighted by Crippen LogP contribution is 2.09. The number of thiocarbonyl (C=S) groups is 5. The third-order valence-corrected chi connectivity index (χ3v) is 3.76. The molecule has 0 nitrogen and oxygen atoms in total. The second-order valence-corrected chi connectivity index (χ2v) is 4.22. The molecule has 0 aliphatic heterocycles. The zero-order valence-electron chi connectivity index (χ0n) is 5.25. The van der Waals surface area contributed by atoms with Gasteiger partial charge in [-0.05, 0) is 0 Å². The molecule has 1 aliphatic carbocycles. The molecule has 0 aromatic carbocycles. The Kier molecular flexibility index (Phi) is 2.99. The van der Waals surface area contributed by atoms with Crippen LogP contribution in [0.4, 0.5) is 0 Å². The van der Waals surface area contributed by atoms with Gasteiger partial charge >= 0.3 is 0 Å². The van der Waals surface area contributed by atoms with E-state index in [2.05, 4.69) is 0 Å². The van der Waals surface area contributed by atoms with Gasteiger partial charge in [0.15, 0.2) is 0 Å². The maximum atomic E-state index is 4.96. The first kappa shape index (κ1) is 9.54. The first-order chi connectivity index (χ1) is 5.04. The standard InChI is InChI=1S/C6H2S5/c7-2-1-3(8)5(10)6(11)4(2)9/h1H2. The summed E-state index contributed by atoms with van der Waals surface area (Å²) < 4.78 is 0. The predicted octanol–water partition coefficient (Wildman–Crippen LogP) is 2.24. The SMILES string of the molecule is S=C1CC(=S)C(=S)C(=S)C1=S. The summed E-state index contributed by atoms with van der Waals surface area (Å²) in [4.78, 5) is 2.87. The molecule has 11 heavy (non-hydrogen) atoms. The Morgan fingerprint density at radius 3 is 1.36 bits per heavy atom. The maximum absolute atomic E-state index is 4.96. The van der Waals surface area contributed by atoms with Gasteiger partial charge in [-0.15, -0.1) is 0 Å². The van der Waals surface area contributed by atoms with Crippen LogP contribution in [0.3, 0.4) is 0 Å². The van der Waals surface area contributed by atoms with Crippen molar-refractivity contribution < 1.29 is 0 Å². The van der Waals surface area contributed by atoms with Crippen LogP contribution < -0.4 is 0 Å². The van der Waals surface area contributed by atoms with E-state index in [1.807, 2.05) is 0 Å². The fraction of sp³-hybridized carbons (Fsp3) is 0.167. The Bertz CT molecular complexity index is 270. The van der Waals surface area contributed by atoms with Crippen LogP contribution in [0.2, 0.25) is 0 Å². The lowest BCUT2D eigenvalue weighted by Gasteiger charge is -2.15. The molecule has 1 rings (SSSR count). The van der Waals surface area contributed by atoms with Crippen LogP contribution in [0.1, 0.15) is 6.42 Å². The van der Waals surface area contributed by atoms with E-state index in [1.165, 1.54) is 0 Å². The second kappa shape index (κ2) is 3.45. The minimum Gasteiger partial charge on any atom is -0.0829 e. The molecule has 0 aromatic heterocycles. The monoisotopic (exact) mass is 234 g/mol. The van der Waals surface area contributed by atoms with Crippen LogP contribution in [0, 0.1) is 0 Å². The lowest BCUT2D eigenvalue weighted by atomic mass is 9.99. The molecule has 1 fully saturated rings. The van der Waals surface area contributed by atoms with Crippen LogP contribution >= 0.6 is 61.1 Å². The van der Waals surface area contributed by atoms with Gasteiger partial charge in [-0.3, -0.25) is 0 Å². The summed E-state index contributed by atoms with van der Waals surface area (Å²) in [6, 6.07) is 0. The van der Waals surface area contributed by atoms with E-state index in [0.29, 0.717) is 30.7 Å². The minimum absolute atomic E-state index is 0.483. The van der Waals surface area contributed by atoms with Gasteiger partial charge in [0.05, 0.1) is 14.6 Å². The lowest BCUT2D eigenvalue weighted by Crippen LogP contribution is -2.37. The van der Waals surface area contributed by atoms with E-state index in [-0.39, 0.29) is 0 Å². The Balaban J connectivity index is 3.06. The summed E-state index contributed by atoms with van der Waals surface area (Å²) in [5, 5.41) is 0. The van der Waals surface area contributed by atoms with Crippen LogP contribution in [0.25, 0.3) is 0 Å². The molecule has 1 aliphatic rings. The van der Waals surface area contributed by atoms with Crippen molar-refractivity contribution in [3.63, 3.8) is 0 Å². The first-order valence-electron chi connectivity index (χ1n) is 2.73. The highest BCUT2D eigenvalue weighted by atomic mass is 32.1. The molecule has 1 saturated carbocycles. The third-order valence-electron chi connectivity index (χ3n) is 1.24. The van der Waals surface area contributed by atoms with Gasteiger partial charge in [0.2, 0.25) is 0 Å². The zero-order chi connectivity index (χ0) is 8.59. The van der Waals surface area contributed by atoms with Crippen LogP contribution in [-0.4, -0.2) is 24.3 Å². The van der Waals surface area contributed by atoms with Crippen molar-refractivity contribution in [1.29, 1.82) is 0 Å². The second-order valence-electron chi connectivity index (χ2n) is 2.01. The molecule has 0 saturated heterocycles. The van der Waals surface area contributed by atoms with Crippen molar-refractivity contribution in [2.24, 2.45) is 0 Å². The molecular formula is C6H2S5. The minimum atomic E-state index is 0.483. The topological polar surface area (TPSA) is 0 Å². The average Bonchev–Trinajstić information content (AvgIpc) is 1.97. The fourth-order valence-corrected chi connectivity index (χ4v) is 2.04. The van der Waals surface area contributed by atoms with Crippen LogP contribution in [-0.2, 0) is 0 Å². The Morgan fingerprint density at radius 2 is 1.00 bits per heavy atom. The Morgan fingerprint density at radius 1 is 0.636 bits per heavy atom. The summed E-state index contributed by atoms with van der Waals surface area (Å²) in [5.74, 6) is 0. The number of rotatable bonds is 0. The van der Waals surface area contributed by atoms with Crippen molar-refractivity contribution >= 4 is 85.4 Å². The molecule has 0 radical (unpaired) electrons. The molecule has 0 amide bonds. The molecule has 0 spiro atoms. The summed E-state index contributed by atoms with van der Waals surface area (Å²) in [6.45, 7) is 0. The number of hydrogen-bond acceptors (Lipinski definition) is 5. The summed E-state index contributed by atoms with van der Waals surface area (Å²) >= 11 is 24.8. The summed E-state index contributed by atoms with van der Waals surface area (Å²) in [5.41, 5.74) is 0. The largest absolute Gasteiger partial charge is 0.0829 e. The van der Waals surface area contributed by atoms with Crippen molar-refractivity contribution in [3.05, 3.63) is 0 Å². The van der Waals surface area contributed by atoms with Crippen molar-refractivity contribution in [1.82, 2.24) is 0 Å². The van der Waals surface area contributed by atoms with Gasteiger partial charge in [-0.1, -0.05) is 61.1 Å². The molecule has 5 heteroatoms. The highest BCUT2D eigenvalue weighted by Gasteiger charge is 2.24. The van der Waals surface area contributed by atoms with E-state index in [4.69, 9.17) is 61.1 Å². The fourth-order valence-electron chi connectivity index (χ4n) is 0.663. The van der Waals surface area contributed by atoms with Gasteiger partial charge in [-0.25, -0.2) is 0 Å². The van der Waals surface area contributed by atoms with Gasteiger partial charge in [0, 0.05) is 16.1 Å². The lowest BCUT2D eigenvalue weighted by molar-refractivity contribution is 1.78. The van der Waals surface area contributed by atoms with E-state index in [1.54, 1.807) is 0 Å². The van der Waals surface area contributed by atoms with Gasteiger partial charge in [0.25, 0.3) is 0 Å². The molecular weight excluding hydrogens is 232 g/mol. The van der Waals surface area contributed by atoms with Crippen molar-refractivity contribution in [3.8, 4) is 0 Å². The quantitative estimate of drug-likeness (QED) is 0.588. The molecule has 0 bridgehead atoms. The predicted molar refractivity (Wildman–Crippen MR) is 67.6 cm³/mol. The molecule has 0 heterocycles. The summed E-state index contributed by atoms with van der Waals surface area (Å²) in [7, 11) is 0. The van der Waals surface area contributed by atoms with E-state index in [9.17, 15) is 0 Å². The van der Waals surface area contributed by atoms with E-state index < -0.39 is 0 Å². The normalized spacial score (nSPS) is 19.5. The Labute approximate surface area is 91.4 Å². The Hall–Kier alpha value is 0.450. The molecule has 0 N–H and O–H groups in total. The molecule has 56 valence electrons. The first-order valence-corrected chi connectivity index (χ1v) is 4.77. The molecule has 0 aromatic rings. The molecule has 0 unspecified atom stereocenters.